The van der Waals surface area contributed by atoms with E-state index < -0.39 is 17.9 Å². The molecule has 2 aromatic rings. The first kappa shape index (κ1) is 22.0. The molecule has 0 unspecified atom stereocenters. The van der Waals surface area contributed by atoms with E-state index in [1.807, 2.05) is 18.9 Å². The van der Waals surface area contributed by atoms with Crippen LogP contribution in [-0.2, 0) is 6.54 Å². The van der Waals surface area contributed by atoms with Crippen molar-refractivity contribution in [1.29, 1.82) is 0 Å². The molecular formula is C21H22F2N4O4. The van der Waals surface area contributed by atoms with E-state index in [1.165, 1.54) is 19.4 Å². The van der Waals surface area contributed by atoms with Gasteiger partial charge in [-0.1, -0.05) is 0 Å². The van der Waals surface area contributed by atoms with Crippen LogP contribution in [0.5, 0.6) is 5.75 Å². The first-order chi connectivity index (χ1) is 14.7. The number of rotatable bonds is 6. The van der Waals surface area contributed by atoms with Crippen LogP contribution in [0.1, 0.15) is 35.3 Å². The number of hydrogen-bond acceptors (Lipinski definition) is 6. The molecule has 1 aromatic carbocycles. The molecule has 8 nitrogen and oxygen atoms in total. The van der Waals surface area contributed by atoms with Crippen molar-refractivity contribution in [3.05, 3.63) is 57.5 Å². The summed E-state index contributed by atoms with van der Waals surface area (Å²) in [5, 5.41) is 11.2. The predicted octanol–water partition coefficient (Wildman–Crippen LogP) is 2.68. The van der Waals surface area contributed by atoms with Crippen LogP contribution < -0.4 is 20.9 Å². The van der Waals surface area contributed by atoms with Crippen molar-refractivity contribution in [2.45, 2.75) is 33.0 Å². The number of nitrogens with zero attached hydrogens (tertiary/aromatic N) is 3. The SMILES string of the molecule is COc1cc2c(cc1C(C=NC(F)F)=CN)CN(C(C)C)n1cc(C(=O)O)c(=O)cc1-2. The number of aromatic nitrogens is 1. The molecule has 3 N–H and O–H groups in total. The number of carboxylic acids is 1. The van der Waals surface area contributed by atoms with E-state index in [0.29, 0.717) is 29.1 Å². The molecule has 0 spiro atoms. The number of carboxylic acid groups (broad SMARTS) is 1. The molecule has 0 radical (unpaired) electrons. The molecule has 10 heteroatoms. The molecule has 0 amide bonds. The zero-order valence-corrected chi connectivity index (χ0v) is 17.2. The monoisotopic (exact) mass is 432 g/mol. The lowest BCUT2D eigenvalue weighted by atomic mass is 9.94. The highest BCUT2D eigenvalue weighted by molar-refractivity contribution is 6.11. The summed E-state index contributed by atoms with van der Waals surface area (Å²) in [5.41, 5.74) is 7.35. The third-order valence-electron chi connectivity index (χ3n) is 4.99. The molecule has 0 saturated carbocycles. The minimum absolute atomic E-state index is 0.0356. The second-order valence-corrected chi connectivity index (χ2v) is 7.17. The molecule has 1 aliphatic heterocycles. The summed E-state index contributed by atoms with van der Waals surface area (Å²) < 4.78 is 32.2. The van der Waals surface area contributed by atoms with Gasteiger partial charge in [0.25, 0.3) is 0 Å². The Morgan fingerprint density at radius 1 is 1.29 bits per heavy atom. The van der Waals surface area contributed by atoms with Crippen molar-refractivity contribution >= 4 is 17.8 Å². The van der Waals surface area contributed by atoms with Crippen LogP contribution >= 0.6 is 0 Å². The minimum Gasteiger partial charge on any atom is -0.496 e. The van der Waals surface area contributed by atoms with Crippen LogP contribution in [-0.4, -0.2) is 41.7 Å². The van der Waals surface area contributed by atoms with E-state index in [0.717, 1.165) is 18.0 Å². The normalized spacial score (nSPS) is 13.6. The number of benzene rings is 1. The van der Waals surface area contributed by atoms with Gasteiger partial charge >= 0.3 is 12.5 Å². The van der Waals surface area contributed by atoms with Crippen LogP contribution in [0, 0.1) is 0 Å². The topological polar surface area (TPSA) is 110 Å². The molecule has 31 heavy (non-hydrogen) atoms. The molecule has 0 saturated heterocycles. The quantitative estimate of drug-likeness (QED) is 0.537. The lowest BCUT2D eigenvalue weighted by Gasteiger charge is -2.38. The summed E-state index contributed by atoms with van der Waals surface area (Å²) >= 11 is 0. The molecule has 1 aromatic heterocycles. The highest BCUT2D eigenvalue weighted by Crippen LogP contribution is 2.37. The van der Waals surface area contributed by atoms with Gasteiger partial charge in [-0.15, -0.1) is 0 Å². The van der Waals surface area contributed by atoms with Crippen LogP contribution in [0.3, 0.4) is 0 Å². The van der Waals surface area contributed by atoms with Crippen LogP contribution in [0.2, 0.25) is 0 Å². The van der Waals surface area contributed by atoms with Crippen LogP contribution in [0.25, 0.3) is 16.8 Å². The Bertz CT molecular complexity index is 1140. The molecule has 164 valence electrons. The van der Waals surface area contributed by atoms with E-state index >= 15 is 0 Å². The van der Waals surface area contributed by atoms with Gasteiger partial charge in [0.15, 0.2) is 5.43 Å². The first-order valence-electron chi connectivity index (χ1n) is 9.39. The maximum atomic E-state index is 12.6. The summed E-state index contributed by atoms with van der Waals surface area (Å²) in [6, 6.07) is 4.66. The number of ether oxygens (including phenoxy) is 1. The Hall–Kier alpha value is -3.69. The van der Waals surface area contributed by atoms with E-state index in [2.05, 4.69) is 4.99 Å². The first-order valence-corrected chi connectivity index (χ1v) is 9.39. The second kappa shape index (κ2) is 8.58. The zero-order valence-electron chi connectivity index (χ0n) is 17.2. The summed E-state index contributed by atoms with van der Waals surface area (Å²) in [6.45, 7) is 1.36. The highest BCUT2D eigenvalue weighted by Gasteiger charge is 2.27. The Kier molecular flexibility index (Phi) is 6.09. The number of hydrogen-bond donors (Lipinski definition) is 2. The molecule has 2 heterocycles. The van der Waals surface area contributed by atoms with Gasteiger partial charge in [-0.2, -0.15) is 8.78 Å². The molecule has 3 rings (SSSR count). The summed E-state index contributed by atoms with van der Waals surface area (Å²) in [4.78, 5) is 26.9. The zero-order chi connectivity index (χ0) is 22.9. The van der Waals surface area contributed by atoms with Crippen molar-refractivity contribution in [3.63, 3.8) is 0 Å². The Labute approximate surface area is 176 Å². The second-order valence-electron chi connectivity index (χ2n) is 7.17. The number of aliphatic imine (C=N–C) groups is 1. The van der Waals surface area contributed by atoms with Gasteiger partial charge in [-0.3, -0.25) is 9.47 Å². The maximum Gasteiger partial charge on any atom is 0.341 e. The molecule has 0 fully saturated rings. The molecule has 0 atom stereocenters. The Balaban J connectivity index is 2.26. The predicted molar refractivity (Wildman–Crippen MR) is 113 cm³/mol. The van der Waals surface area contributed by atoms with Gasteiger partial charge < -0.3 is 20.6 Å². The number of fused-ring (bicyclic) bond motifs is 3. The molecular weight excluding hydrogens is 410 g/mol. The van der Waals surface area contributed by atoms with Crippen LogP contribution in [0.15, 0.2) is 40.4 Å². The number of pyridine rings is 1. The maximum absolute atomic E-state index is 12.6. The number of methoxy groups -OCH3 is 1. The van der Waals surface area contributed by atoms with Gasteiger partial charge in [0.1, 0.15) is 11.3 Å². The number of nitrogens with two attached hydrogens (primary N) is 1. The van der Waals surface area contributed by atoms with Gasteiger partial charge in [-0.05, 0) is 31.5 Å². The third-order valence-corrected chi connectivity index (χ3v) is 4.99. The summed E-state index contributed by atoms with van der Waals surface area (Å²) in [7, 11) is 1.42. The average Bonchev–Trinajstić information content (AvgIpc) is 2.72. The van der Waals surface area contributed by atoms with Crippen LogP contribution in [0.4, 0.5) is 8.78 Å². The van der Waals surface area contributed by atoms with Gasteiger partial charge in [0.2, 0.25) is 0 Å². The van der Waals surface area contributed by atoms with Gasteiger partial charge in [0.05, 0.1) is 19.3 Å². The molecule has 0 bridgehead atoms. The van der Waals surface area contributed by atoms with Crippen molar-refractivity contribution in [2.24, 2.45) is 10.7 Å². The lowest BCUT2D eigenvalue weighted by Crippen LogP contribution is -2.44. The fraction of sp³-hybridized carbons (Fsp3) is 0.286. The lowest BCUT2D eigenvalue weighted by molar-refractivity contribution is 0.0694. The molecule has 1 aliphatic rings. The fourth-order valence-electron chi connectivity index (χ4n) is 3.51. The van der Waals surface area contributed by atoms with Crippen molar-refractivity contribution in [1.82, 2.24) is 4.68 Å². The highest BCUT2D eigenvalue weighted by atomic mass is 19.3. The third kappa shape index (κ3) is 4.14. The van der Waals surface area contributed by atoms with Gasteiger partial charge in [0, 0.05) is 47.4 Å². The van der Waals surface area contributed by atoms with E-state index in [-0.39, 0.29) is 17.2 Å². The smallest absolute Gasteiger partial charge is 0.341 e. The average molecular weight is 432 g/mol. The Morgan fingerprint density at radius 3 is 2.55 bits per heavy atom. The van der Waals surface area contributed by atoms with E-state index in [4.69, 9.17) is 10.5 Å². The molecule has 0 aliphatic carbocycles. The Morgan fingerprint density at radius 2 is 2.00 bits per heavy atom. The standard InChI is InChI=1S/C21H22F2N4O4/c1-11(2)26-9-12-4-15(13(7-24)8-25-21(22)23)19(31-3)5-14(12)17-6-18(28)16(20(29)30)10-27(17)26/h4-8,10-11,21H,9,24H2,1-3H3,(H,29,30). The fourth-order valence-corrected chi connectivity index (χ4v) is 3.51. The van der Waals surface area contributed by atoms with E-state index in [1.54, 1.807) is 16.8 Å². The number of alkyl halides is 2. The van der Waals surface area contributed by atoms with Crippen molar-refractivity contribution < 1.29 is 23.4 Å². The number of allylic oxidation sites excluding steroid dienone is 1. The number of aromatic carboxylic acids is 1. The summed E-state index contributed by atoms with van der Waals surface area (Å²) in [6.07, 6.45) is 3.45. The minimum atomic E-state index is -2.88. The van der Waals surface area contributed by atoms with Crippen molar-refractivity contribution in [2.75, 3.05) is 12.1 Å². The number of halogens is 2. The number of carbonyl (C=O) groups is 1. The van der Waals surface area contributed by atoms with Crippen molar-refractivity contribution in [3.8, 4) is 17.0 Å². The van der Waals surface area contributed by atoms with Gasteiger partial charge in [-0.25, -0.2) is 9.79 Å². The van der Waals surface area contributed by atoms with E-state index in [9.17, 15) is 23.5 Å². The summed E-state index contributed by atoms with van der Waals surface area (Å²) in [5.74, 6) is -0.964. The largest absolute Gasteiger partial charge is 0.496 e.